The molecule has 4 nitrogen and oxygen atoms in total. The van der Waals surface area contributed by atoms with Crippen molar-refractivity contribution >= 4 is 17.4 Å². The molecule has 2 rings (SSSR count). The summed E-state index contributed by atoms with van der Waals surface area (Å²) in [6.45, 7) is 5.93. The molecule has 1 aliphatic heterocycles. The molecule has 2 unspecified atom stereocenters. The van der Waals surface area contributed by atoms with Crippen LogP contribution in [0.2, 0.25) is 0 Å². The molecule has 0 aliphatic carbocycles. The zero-order chi connectivity index (χ0) is 13.8. The third kappa shape index (κ3) is 2.89. The van der Waals surface area contributed by atoms with Gasteiger partial charge in [0.25, 0.3) is 0 Å². The maximum absolute atomic E-state index is 12.1. The zero-order valence-electron chi connectivity index (χ0n) is 11.5. The Balaban J connectivity index is 2.40. The summed E-state index contributed by atoms with van der Waals surface area (Å²) >= 11 is 0. The fourth-order valence-corrected chi connectivity index (χ4v) is 2.23. The van der Waals surface area contributed by atoms with Gasteiger partial charge in [0.05, 0.1) is 12.3 Å². The fourth-order valence-electron chi connectivity index (χ4n) is 2.23. The van der Waals surface area contributed by atoms with Gasteiger partial charge in [-0.25, -0.2) is 0 Å². The van der Waals surface area contributed by atoms with Gasteiger partial charge in [0, 0.05) is 5.71 Å². The van der Waals surface area contributed by atoms with E-state index in [1.807, 2.05) is 44.2 Å². The average molecular weight is 258 g/mol. The van der Waals surface area contributed by atoms with Gasteiger partial charge >= 0.3 is 5.97 Å². The average Bonchev–Trinajstić information content (AvgIpc) is 2.39. The molecular formula is C15H18N2O2. The molecule has 1 heterocycles. The minimum absolute atomic E-state index is 0.152. The van der Waals surface area contributed by atoms with Gasteiger partial charge < -0.3 is 4.74 Å². The third-order valence-corrected chi connectivity index (χ3v) is 3.00. The Kier molecular flexibility index (Phi) is 4.10. The van der Waals surface area contributed by atoms with Gasteiger partial charge in [0.1, 0.15) is 12.1 Å². The van der Waals surface area contributed by atoms with Crippen LogP contribution in [0.25, 0.3) is 0 Å². The lowest BCUT2D eigenvalue weighted by Crippen LogP contribution is -2.36. The minimum Gasteiger partial charge on any atom is -0.465 e. The third-order valence-electron chi connectivity index (χ3n) is 3.00. The van der Waals surface area contributed by atoms with Crippen LogP contribution < -0.4 is 0 Å². The summed E-state index contributed by atoms with van der Waals surface area (Å²) in [5.74, 6) is -0.767. The van der Waals surface area contributed by atoms with E-state index in [-0.39, 0.29) is 12.1 Å². The van der Waals surface area contributed by atoms with Gasteiger partial charge in [-0.15, -0.1) is 0 Å². The number of carbonyl (C=O) groups is 1. The normalized spacial score (nSPS) is 22.5. The van der Waals surface area contributed by atoms with Crippen molar-refractivity contribution in [1.29, 1.82) is 0 Å². The second kappa shape index (κ2) is 5.78. The van der Waals surface area contributed by atoms with Gasteiger partial charge in [0.2, 0.25) is 0 Å². The molecular weight excluding hydrogens is 240 g/mol. The molecule has 4 heteroatoms. The lowest BCUT2D eigenvalue weighted by molar-refractivity contribution is -0.143. The van der Waals surface area contributed by atoms with E-state index in [1.54, 1.807) is 6.92 Å². The maximum atomic E-state index is 12.1. The Morgan fingerprint density at radius 2 is 1.95 bits per heavy atom. The summed E-state index contributed by atoms with van der Waals surface area (Å²) < 4.78 is 5.14. The molecule has 1 aromatic rings. The highest BCUT2D eigenvalue weighted by Crippen LogP contribution is 2.20. The predicted molar refractivity (Wildman–Crippen MR) is 75.7 cm³/mol. The molecule has 0 N–H and O–H groups in total. The number of nitrogens with zero attached hydrogens (tertiary/aromatic N) is 2. The number of aliphatic imine (C=N–C) groups is 2. The number of hydrogen-bond donors (Lipinski definition) is 0. The first-order valence-electron chi connectivity index (χ1n) is 6.47. The smallest absolute Gasteiger partial charge is 0.320 e. The van der Waals surface area contributed by atoms with Crippen LogP contribution in [0, 0.1) is 5.92 Å². The Morgan fingerprint density at radius 3 is 2.58 bits per heavy atom. The molecule has 0 amide bonds. The molecule has 2 atom stereocenters. The highest BCUT2D eigenvalue weighted by molar-refractivity contribution is 6.26. The monoisotopic (exact) mass is 258 g/mol. The first-order chi connectivity index (χ1) is 9.13. The number of benzene rings is 1. The quantitative estimate of drug-likeness (QED) is 0.782. The largest absolute Gasteiger partial charge is 0.465 e. The van der Waals surface area contributed by atoms with E-state index in [2.05, 4.69) is 9.98 Å². The lowest BCUT2D eigenvalue weighted by atomic mass is 9.91. The van der Waals surface area contributed by atoms with Crippen LogP contribution in [-0.4, -0.2) is 30.2 Å². The van der Waals surface area contributed by atoms with Crippen molar-refractivity contribution in [2.45, 2.75) is 26.9 Å². The first kappa shape index (κ1) is 13.5. The molecule has 19 heavy (non-hydrogen) atoms. The van der Waals surface area contributed by atoms with Crippen molar-refractivity contribution in [3.63, 3.8) is 0 Å². The summed E-state index contributed by atoms with van der Waals surface area (Å²) in [5.41, 5.74) is 2.46. The molecule has 0 fully saturated rings. The second-order valence-electron chi connectivity index (χ2n) is 4.47. The summed E-state index contributed by atoms with van der Waals surface area (Å²) in [7, 11) is 0. The van der Waals surface area contributed by atoms with Crippen LogP contribution in [0.4, 0.5) is 0 Å². The Morgan fingerprint density at radius 1 is 1.26 bits per heavy atom. The van der Waals surface area contributed by atoms with Crippen molar-refractivity contribution < 1.29 is 9.53 Å². The van der Waals surface area contributed by atoms with E-state index in [9.17, 15) is 4.79 Å². The summed E-state index contributed by atoms with van der Waals surface area (Å²) in [4.78, 5) is 21.0. The van der Waals surface area contributed by atoms with Crippen LogP contribution in [0.15, 0.2) is 40.3 Å². The molecule has 0 spiro atoms. The van der Waals surface area contributed by atoms with Crippen LogP contribution in [0.5, 0.6) is 0 Å². The van der Waals surface area contributed by atoms with Gasteiger partial charge in [-0.3, -0.25) is 14.8 Å². The minimum atomic E-state index is -0.487. The standard InChI is InChI=1S/C15H18N2O2/c1-4-19-15(18)13-10(2)16-11(3)17-14(13)12-8-6-5-7-9-12/h5-9,11,13H,4H2,1-3H3. The van der Waals surface area contributed by atoms with Crippen molar-refractivity contribution in [2.24, 2.45) is 15.9 Å². The Hall–Kier alpha value is -1.97. The molecule has 0 aromatic heterocycles. The number of carbonyl (C=O) groups excluding carboxylic acids is 1. The van der Waals surface area contributed by atoms with Crippen LogP contribution in [0.3, 0.4) is 0 Å². The predicted octanol–water partition coefficient (Wildman–Crippen LogP) is 2.48. The van der Waals surface area contributed by atoms with Gasteiger partial charge in [-0.1, -0.05) is 30.3 Å². The number of esters is 1. The highest BCUT2D eigenvalue weighted by Gasteiger charge is 2.32. The van der Waals surface area contributed by atoms with Gasteiger partial charge in [-0.05, 0) is 26.3 Å². The molecule has 1 aliphatic rings. The van der Waals surface area contributed by atoms with Gasteiger partial charge in [0.15, 0.2) is 0 Å². The number of ether oxygens (including phenoxy) is 1. The molecule has 0 bridgehead atoms. The van der Waals surface area contributed by atoms with Crippen molar-refractivity contribution in [3.05, 3.63) is 35.9 Å². The molecule has 0 saturated heterocycles. The van der Waals surface area contributed by atoms with Gasteiger partial charge in [-0.2, -0.15) is 0 Å². The first-order valence-corrected chi connectivity index (χ1v) is 6.47. The topological polar surface area (TPSA) is 51.0 Å². The van der Waals surface area contributed by atoms with E-state index in [0.717, 1.165) is 17.0 Å². The highest BCUT2D eigenvalue weighted by atomic mass is 16.5. The van der Waals surface area contributed by atoms with Crippen molar-refractivity contribution in [1.82, 2.24) is 0 Å². The summed E-state index contributed by atoms with van der Waals surface area (Å²) in [6, 6.07) is 9.72. The van der Waals surface area contributed by atoms with Crippen LogP contribution in [-0.2, 0) is 9.53 Å². The molecule has 0 radical (unpaired) electrons. The maximum Gasteiger partial charge on any atom is 0.320 e. The Bertz CT molecular complexity index is 520. The van der Waals surface area contributed by atoms with Crippen LogP contribution >= 0.6 is 0 Å². The zero-order valence-corrected chi connectivity index (χ0v) is 11.5. The van der Waals surface area contributed by atoms with E-state index in [4.69, 9.17) is 4.74 Å². The van der Waals surface area contributed by atoms with E-state index in [0.29, 0.717) is 6.61 Å². The second-order valence-corrected chi connectivity index (χ2v) is 4.47. The van der Waals surface area contributed by atoms with Crippen LogP contribution in [0.1, 0.15) is 26.3 Å². The molecule has 1 aromatic carbocycles. The number of rotatable bonds is 3. The Labute approximate surface area is 113 Å². The van der Waals surface area contributed by atoms with Crippen molar-refractivity contribution in [3.8, 4) is 0 Å². The van der Waals surface area contributed by atoms with E-state index >= 15 is 0 Å². The SMILES string of the molecule is CCOC(=O)C1C(C)=NC(C)N=C1c1ccccc1. The number of hydrogen-bond acceptors (Lipinski definition) is 4. The summed E-state index contributed by atoms with van der Waals surface area (Å²) in [6.07, 6.45) is -0.152. The lowest BCUT2D eigenvalue weighted by Gasteiger charge is -2.23. The van der Waals surface area contributed by atoms with E-state index in [1.165, 1.54) is 0 Å². The van der Waals surface area contributed by atoms with E-state index < -0.39 is 5.92 Å². The van der Waals surface area contributed by atoms with Crippen molar-refractivity contribution in [2.75, 3.05) is 6.61 Å². The fraction of sp³-hybridized carbons (Fsp3) is 0.400. The molecule has 100 valence electrons. The molecule has 0 saturated carbocycles. The summed E-state index contributed by atoms with van der Waals surface area (Å²) in [5, 5.41) is 0.